The first-order valence-corrected chi connectivity index (χ1v) is 7.23. The standard InChI is InChI=1S/C14H28N2/c1-12-6-9-16(13(2)11-12)10-7-14-5-3-4-8-15-14/h12-15H,3-11H2,1-2H3. The summed E-state index contributed by atoms with van der Waals surface area (Å²) in [6.07, 6.45) is 8.39. The molecule has 0 bridgehead atoms. The molecule has 0 aliphatic carbocycles. The van der Waals surface area contributed by atoms with Crippen LogP contribution in [0.25, 0.3) is 0 Å². The first-order chi connectivity index (χ1) is 7.75. The lowest BCUT2D eigenvalue weighted by atomic mass is 9.92. The summed E-state index contributed by atoms with van der Waals surface area (Å²) in [5, 5.41) is 3.66. The lowest BCUT2D eigenvalue weighted by Crippen LogP contribution is -2.43. The van der Waals surface area contributed by atoms with E-state index in [0.717, 1.165) is 18.0 Å². The van der Waals surface area contributed by atoms with Crippen LogP contribution in [-0.2, 0) is 0 Å². The van der Waals surface area contributed by atoms with E-state index in [0.29, 0.717) is 0 Å². The van der Waals surface area contributed by atoms with E-state index in [1.807, 2.05) is 0 Å². The predicted octanol–water partition coefficient (Wildman–Crippen LogP) is 2.64. The Kier molecular flexibility index (Phi) is 4.66. The zero-order valence-electron chi connectivity index (χ0n) is 11.0. The van der Waals surface area contributed by atoms with Crippen LogP contribution in [0.4, 0.5) is 0 Å². The number of likely N-dealkylation sites (tertiary alicyclic amines) is 1. The van der Waals surface area contributed by atoms with E-state index in [-0.39, 0.29) is 0 Å². The molecule has 16 heavy (non-hydrogen) atoms. The van der Waals surface area contributed by atoms with Gasteiger partial charge in [0.2, 0.25) is 0 Å². The van der Waals surface area contributed by atoms with Gasteiger partial charge in [-0.3, -0.25) is 0 Å². The average Bonchev–Trinajstić information content (AvgIpc) is 2.29. The lowest BCUT2D eigenvalue weighted by molar-refractivity contribution is 0.122. The molecule has 1 N–H and O–H groups in total. The molecule has 2 heteroatoms. The third kappa shape index (κ3) is 3.46. The van der Waals surface area contributed by atoms with Gasteiger partial charge < -0.3 is 10.2 Å². The van der Waals surface area contributed by atoms with Gasteiger partial charge in [0, 0.05) is 12.1 Å². The largest absolute Gasteiger partial charge is 0.314 e. The maximum Gasteiger partial charge on any atom is 0.00792 e. The molecule has 0 amide bonds. The van der Waals surface area contributed by atoms with Crippen molar-refractivity contribution in [2.45, 2.75) is 64.5 Å². The third-order valence-corrected chi connectivity index (χ3v) is 4.45. The molecular weight excluding hydrogens is 196 g/mol. The minimum Gasteiger partial charge on any atom is -0.314 e. The van der Waals surface area contributed by atoms with Crippen molar-refractivity contribution in [2.75, 3.05) is 19.6 Å². The van der Waals surface area contributed by atoms with Crippen molar-refractivity contribution in [1.82, 2.24) is 10.2 Å². The number of nitrogens with zero attached hydrogens (tertiary/aromatic N) is 1. The normalized spacial score (nSPS) is 37.5. The highest BCUT2D eigenvalue weighted by Gasteiger charge is 2.23. The quantitative estimate of drug-likeness (QED) is 0.793. The molecule has 0 aromatic heterocycles. The first kappa shape index (κ1) is 12.4. The van der Waals surface area contributed by atoms with Crippen molar-refractivity contribution in [3.8, 4) is 0 Å². The van der Waals surface area contributed by atoms with Crippen molar-refractivity contribution in [3.63, 3.8) is 0 Å². The molecule has 2 fully saturated rings. The zero-order chi connectivity index (χ0) is 11.4. The molecule has 2 rings (SSSR count). The minimum atomic E-state index is 0.806. The first-order valence-electron chi connectivity index (χ1n) is 7.23. The van der Waals surface area contributed by atoms with Gasteiger partial charge in [-0.1, -0.05) is 13.3 Å². The second-order valence-corrected chi connectivity index (χ2v) is 5.95. The molecule has 2 aliphatic rings. The monoisotopic (exact) mass is 224 g/mol. The van der Waals surface area contributed by atoms with E-state index in [1.54, 1.807) is 0 Å². The summed E-state index contributed by atoms with van der Waals surface area (Å²) < 4.78 is 0. The van der Waals surface area contributed by atoms with Crippen LogP contribution < -0.4 is 5.32 Å². The number of nitrogens with one attached hydrogen (secondary N) is 1. The van der Waals surface area contributed by atoms with Gasteiger partial charge >= 0.3 is 0 Å². The highest BCUT2D eigenvalue weighted by atomic mass is 15.2. The van der Waals surface area contributed by atoms with E-state index < -0.39 is 0 Å². The third-order valence-electron chi connectivity index (χ3n) is 4.45. The Hall–Kier alpha value is -0.0800. The summed E-state index contributed by atoms with van der Waals surface area (Å²) in [5.41, 5.74) is 0. The van der Waals surface area contributed by atoms with Crippen LogP contribution in [0.2, 0.25) is 0 Å². The molecule has 0 aromatic rings. The van der Waals surface area contributed by atoms with Crippen molar-refractivity contribution >= 4 is 0 Å². The van der Waals surface area contributed by atoms with Crippen LogP contribution in [0.15, 0.2) is 0 Å². The molecule has 0 radical (unpaired) electrons. The summed E-state index contributed by atoms with van der Waals surface area (Å²) in [6.45, 7) is 8.69. The molecule has 94 valence electrons. The van der Waals surface area contributed by atoms with E-state index in [2.05, 4.69) is 24.1 Å². The summed E-state index contributed by atoms with van der Waals surface area (Å²) >= 11 is 0. The Morgan fingerprint density at radius 1 is 1.19 bits per heavy atom. The van der Waals surface area contributed by atoms with Crippen LogP contribution >= 0.6 is 0 Å². The number of hydrogen-bond donors (Lipinski definition) is 1. The van der Waals surface area contributed by atoms with E-state index in [4.69, 9.17) is 0 Å². The molecular formula is C14H28N2. The van der Waals surface area contributed by atoms with Gasteiger partial charge in [-0.15, -0.1) is 0 Å². The zero-order valence-corrected chi connectivity index (χ0v) is 11.0. The predicted molar refractivity (Wildman–Crippen MR) is 69.7 cm³/mol. The van der Waals surface area contributed by atoms with Crippen molar-refractivity contribution in [2.24, 2.45) is 5.92 Å². The fourth-order valence-corrected chi connectivity index (χ4v) is 3.28. The van der Waals surface area contributed by atoms with Crippen molar-refractivity contribution < 1.29 is 0 Å². The Morgan fingerprint density at radius 3 is 2.75 bits per heavy atom. The Labute approximate surface area is 101 Å². The van der Waals surface area contributed by atoms with Gasteiger partial charge in [0.25, 0.3) is 0 Å². The summed E-state index contributed by atoms with van der Waals surface area (Å²) in [4.78, 5) is 2.70. The smallest absolute Gasteiger partial charge is 0.00792 e. The van der Waals surface area contributed by atoms with Crippen LogP contribution in [-0.4, -0.2) is 36.6 Å². The van der Waals surface area contributed by atoms with Crippen LogP contribution in [0.5, 0.6) is 0 Å². The SMILES string of the molecule is CC1CCN(CCC2CCCCN2)C(C)C1. The maximum atomic E-state index is 3.66. The van der Waals surface area contributed by atoms with Gasteiger partial charge in [0.1, 0.15) is 0 Å². The van der Waals surface area contributed by atoms with Gasteiger partial charge in [-0.25, -0.2) is 0 Å². The number of piperidine rings is 2. The summed E-state index contributed by atoms with van der Waals surface area (Å²) in [5.74, 6) is 0.944. The molecule has 0 spiro atoms. The molecule has 2 aliphatic heterocycles. The highest BCUT2D eigenvalue weighted by Crippen LogP contribution is 2.22. The van der Waals surface area contributed by atoms with Gasteiger partial charge in [0.05, 0.1) is 0 Å². The van der Waals surface area contributed by atoms with Crippen molar-refractivity contribution in [1.29, 1.82) is 0 Å². The lowest BCUT2D eigenvalue weighted by Gasteiger charge is -2.37. The number of hydrogen-bond acceptors (Lipinski definition) is 2. The van der Waals surface area contributed by atoms with E-state index >= 15 is 0 Å². The van der Waals surface area contributed by atoms with Crippen LogP contribution in [0, 0.1) is 5.92 Å². The molecule has 3 unspecified atom stereocenters. The average molecular weight is 224 g/mol. The molecule has 2 heterocycles. The van der Waals surface area contributed by atoms with Crippen molar-refractivity contribution in [3.05, 3.63) is 0 Å². The van der Waals surface area contributed by atoms with E-state index in [9.17, 15) is 0 Å². The summed E-state index contributed by atoms with van der Waals surface area (Å²) in [7, 11) is 0. The highest BCUT2D eigenvalue weighted by molar-refractivity contribution is 4.79. The Bertz CT molecular complexity index is 199. The molecule has 0 saturated carbocycles. The fraction of sp³-hybridized carbons (Fsp3) is 1.00. The Balaban J connectivity index is 1.68. The second-order valence-electron chi connectivity index (χ2n) is 5.95. The second kappa shape index (κ2) is 6.02. The van der Waals surface area contributed by atoms with Gasteiger partial charge in [-0.05, 0) is 64.6 Å². The minimum absolute atomic E-state index is 0.806. The van der Waals surface area contributed by atoms with Crippen LogP contribution in [0.1, 0.15) is 52.4 Å². The molecule has 2 nitrogen and oxygen atoms in total. The topological polar surface area (TPSA) is 15.3 Å². The molecule has 2 saturated heterocycles. The fourth-order valence-electron chi connectivity index (χ4n) is 3.28. The maximum absolute atomic E-state index is 3.66. The molecule has 0 aromatic carbocycles. The number of rotatable bonds is 3. The van der Waals surface area contributed by atoms with Gasteiger partial charge in [0.15, 0.2) is 0 Å². The Morgan fingerprint density at radius 2 is 2.06 bits per heavy atom. The van der Waals surface area contributed by atoms with Crippen LogP contribution in [0.3, 0.4) is 0 Å². The molecule has 3 atom stereocenters. The van der Waals surface area contributed by atoms with Gasteiger partial charge in [-0.2, -0.15) is 0 Å². The van der Waals surface area contributed by atoms with E-state index in [1.165, 1.54) is 58.2 Å². The summed E-state index contributed by atoms with van der Waals surface area (Å²) in [6, 6.07) is 1.62.